The number of alkyl halides is 3. The standard InChI is InChI=1S/C39H49F3N6O8S/c1-27(2)26-57(51,52)33-6-4-3-5-32(33)55-31-8-7-29(23-30(31)39(40,41)42)35-43-34(56-44-35)25-47-36(49)38(48(37(47)50)16-15-45-17-21-54-22-18-45)11-13-46(14-12-38)24-28-9-19-53-20-10-28/h3-8,23,27-28H,9-22,24-26H2,1-2H3. The number of nitrogens with zero attached hydrogens (tertiary/aromatic N) is 6. The number of morpholine rings is 1. The number of carbonyl (C=O) groups excluding carboxylic acids is 2. The number of benzene rings is 2. The molecule has 4 saturated heterocycles. The molecule has 310 valence electrons. The Balaban J connectivity index is 1.09. The molecule has 7 rings (SSSR count). The second-order valence-corrected chi connectivity index (χ2v) is 17.6. The van der Waals surface area contributed by atoms with E-state index >= 15 is 0 Å². The van der Waals surface area contributed by atoms with Crippen LogP contribution in [0.15, 0.2) is 51.9 Å². The fourth-order valence-electron chi connectivity index (χ4n) is 8.17. The molecule has 1 spiro atoms. The number of hydrogen-bond donors (Lipinski definition) is 0. The van der Waals surface area contributed by atoms with E-state index in [2.05, 4.69) is 19.9 Å². The zero-order chi connectivity index (χ0) is 40.4. The Kier molecular flexibility index (Phi) is 12.3. The number of ether oxygens (including phenoxy) is 3. The van der Waals surface area contributed by atoms with Crippen LogP contribution in [0.3, 0.4) is 0 Å². The molecule has 1 aromatic heterocycles. The minimum Gasteiger partial charge on any atom is -0.455 e. The van der Waals surface area contributed by atoms with E-state index in [4.69, 9.17) is 18.7 Å². The van der Waals surface area contributed by atoms with Crippen molar-refractivity contribution in [2.24, 2.45) is 11.8 Å². The van der Waals surface area contributed by atoms with Gasteiger partial charge in [-0.05, 0) is 67.9 Å². The smallest absolute Gasteiger partial charge is 0.420 e. The minimum absolute atomic E-state index is 0.0648. The molecule has 0 radical (unpaired) electrons. The highest BCUT2D eigenvalue weighted by atomic mass is 32.2. The predicted octanol–water partition coefficient (Wildman–Crippen LogP) is 5.34. The van der Waals surface area contributed by atoms with Gasteiger partial charge in [0, 0.05) is 64.6 Å². The van der Waals surface area contributed by atoms with Gasteiger partial charge in [0.05, 0.1) is 24.5 Å². The Morgan fingerprint density at radius 2 is 1.61 bits per heavy atom. The number of urea groups is 1. The number of aromatic nitrogens is 2. The summed E-state index contributed by atoms with van der Waals surface area (Å²) in [6.07, 6.45) is -1.97. The molecule has 0 aliphatic carbocycles. The normalized spacial score (nSPS) is 20.3. The molecule has 4 aliphatic rings. The summed E-state index contributed by atoms with van der Waals surface area (Å²) in [5, 5.41) is 3.90. The molecule has 0 atom stereocenters. The van der Waals surface area contributed by atoms with Gasteiger partial charge in [-0.3, -0.25) is 14.6 Å². The molecule has 18 heteroatoms. The highest BCUT2D eigenvalue weighted by molar-refractivity contribution is 7.91. The molecule has 2 aromatic carbocycles. The van der Waals surface area contributed by atoms with Gasteiger partial charge in [-0.15, -0.1) is 0 Å². The molecule has 5 heterocycles. The quantitative estimate of drug-likeness (QED) is 0.205. The number of halogens is 3. The molecular formula is C39H49F3N6O8S. The van der Waals surface area contributed by atoms with E-state index in [0.29, 0.717) is 58.2 Å². The number of amides is 3. The van der Waals surface area contributed by atoms with E-state index in [0.717, 1.165) is 62.7 Å². The first-order chi connectivity index (χ1) is 27.2. The molecule has 3 aromatic rings. The second-order valence-electron chi connectivity index (χ2n) is 15.6. The van der Waals surface area contributed by atoms with Crippen molar-refractivity contribution < 1.29 is 49.9 Å². The third kappa shape index (κ3) is 9.14. The molecule has 3 amide bonds. The molecule has 0 bridgehead atoms. The van der Waals surface area contributed by atoms with Crippen molar-refractivity contribution in [3.8, 4) is 22.9 Å². The summed E-state index contributed by atoms with van der Waals surface area (Å²) in [5.41, 5.74) is -2.29. The molecule has 0 saturated carbocycles. The van der Waals surface area contributed by atoms with Crippen LogP contribution in [0.4, 0.5) is 18.0 Å². The van der Waals surface area contributed by atoms with Gasteiger partial charge in [-0.1, -0.05) is 31.1 Å². The third-order valence-electron chi connectivity index (χ3n) is 11.2. The van der Waals surface area contributed by atoms with Gasteiger partial charge in [0.2, 0.25) is 11.7 Å². The second kappa shape index (κ2) is 17.0. The van der Waals surface area contributed by atoms with Crippen molar-refractivity contribution in [1.82, 2.24) is 29.7 Å². The van der Waals surface area contributed by atoms with E-state index in [1.54, 1.807) is 18.7 Å². The summed E-state index contributed by atoms with van der Waals surface area (Å²) in [6.45, 7) is 10.4. The van der Waals surface area contributed by atoms with Gasteiger partial charge in [-0.2, -0.15) is 18.2 Å². The van der Waals surface area contributed by atoms with Crippen LogP contribution in [0.5, 0.6) is 11.5 Å². The van der Waals surface area contributed by atoms with E-state index in [1.807, 2.05) is 0 Å². The lowest BCUT2D eigenvalue weighted by Gasteiger charge is -2.43. The fourth-order valence-corrected chi connectivity index (χ4v) is 9.93. The number of likely N-dealkylation sites (tertiary alicyclic amines) is 1. The maximum Gasteiger partial charge on any atom is 0.420 e. The van der Waals surface area contributed by atoms with E-state index in [9.17, 15) is 31.2 Å². The van der Waals surface area contributed by atoms with Gasteiger partial charge in [0.1, 0.15) is 28.5 Å². The van der Waals surface area contributed by atoms with Crippen LogP contribution in [-0.2, 0) is 36.8 Å². The highest BCUT2D eigenvalue weighted by Crippen LogP contribution is 2.42. The Morgan fingerprint density at radius 1 is 0.912 bits per heavy atom. The first-order valence-corrected chi connectivity index (χ1v) is 21.2. The topological polar surface area (TPSA) is 148 Å². The first-order valence-electron chi connectivity index (χ1n) is 19.5. The Labute approximate surface area is 330 Å². The lowest BCUT2D eigenvalue weighted by atomic mass is 9.85. The van der Waals surface area contributed by atoms with Crippen LogP contribution < -0.4 is 4.74 Å². The largest absolute Gasteiger partial charge is 0.455 e. The molecule has 0 unspecified atom stereocenters. The summed E-state index contributed by atoms with van der Waals surface area (Å²) in [7, 11) is -3.86. The minimum atomic E-state index is -4.91. The van der Waals surface area contributed by atoms with Gasteiger partial charge < -0.3 is 28.5 Å². The van der Waals surface area contributed by atoms with Crippen molar-refractivity contribution in [3.63, 3.8) is 0 Å². The summed E-state index contributed by atoms with van der Waals surface area (Å²) in [4.78, 5) is 39.9. The SMILES string of the molecule is CC(C)CS(=O)(=O)c1ccccc1Oc1ccc(-c2noc(CN3C(=O)N(CCN4CCOCC4)C4(CCN(CC5CCOCC5)CC4)C3=O)n2)cc1C(F)(F)F. The average Bonchev–Trinajstić information content (AvgIpc) is 3.72. The summed E-state index contributed by atoms with van der Waals surface area (Å²) in [6, 6.07) is 8.24. The van der Waals surface area contributed by atoms with Gasteiger partial charge in [-0.25, -0.2) is 13.2 Å². The van der Waals surface area contributed by atoms with Crippen molar-refractivity contribution in [3.05, 3.63) is 53.9 Å². The maximum absolute atomic E-state index is 14.5. The first kappa shape index (κ1) is 41.1. The lowest BCUT2D eigenvalue weighted by molar-refractivity contribution is -0.138. The average molecular weight is 819 g/mol. The predicted molar refractivity (Wildman–Crippen MR) is 200 cm³/mol. The highest BCUT2D eigenvalue weighted by Gasteiger charge is 2.58. The molecular weight excluding hydrogens is 770 g/mol. The Hall–Kier alpha value is -4.10. The summed E-state index contributed by atoms with van der Waals surface area (Å²) < 4.78 is 91.6. The number of piperidine rings is 1. The van der Waals surface area contributed by atoms with Crippen LogP contribution in [0.1, 0.15) is 51.0 Å². The zero-order valence-electron chi connectivity index (χ0n) is 32.2. The van der Waals surface area contributed by atoms with Crippen LogP contribution in [0.2, 0.25) is 0 Å². The van der Waals surface area contributed by atoms with E-state index in [-0.39, 0.29) is 52.0 Å². The van der Waals surface area contributed by atoms with Gasteiger partial charge in [0.25, 0.3) is 5.91 Å². The van der Waals surface area contributed by atoms with Crippen molar-refractivity contribution in [2.75, 3.05) is 78.0 Å². The lowest BCUT2D eigenvalue weighted by Crippen LogP contribution is -2.58. The monoisotopic (exact) mass is 818 g/mol. The number of hydrogen-bond acceptors (Lipinski definition) is 12. The Morgan fingerprint density at radius 3 is 2.32 bits per heavy atom. The number of para-hydroxylation sites is 1. The number of imide groups is 1. The molecule has 14 nitrogen and oxygen atoms in total. The van der Waals surface area contributed by atoms with Crippen LogP contribution in [-0.4, -0.2) is 134 Å². The summed E-state index contributed by atoms with van der Waals surface area (Å²) >= 11 is 0. The Bertz CT molecular complexity index is 2010. The maximum atomic E-state index is 14.5. The molecule has 4 aliphatic heterocycles. The number of sulfone groups is 1. The van der Waals surface area contributed by atoms with Gasteiger partial charge in [0.15, 0.2) is 9.84 Å². The molecule has 4 fully saturated rings. The molecule has 57 heavy (non-hydrogen) atoms. The van der Waals surface area contributed by atoms with Crippen molar-refractivity contribution in [2.45, 2.75) is 62.7 Å². The van der Waals surface area contributed by atoms with E-state index < -0.39 is 38.9 Å². The van der Waals surface area contributed by atoms with E-state index in [1.165, 1.54) is 30.3 Å². The van der Waals surface area contributed by atoms with Crippen molar-refractivity contribution >= 4 is 21.8 Å². The van der Waals surface area contributed by atoms with Crippen molar-refractivity contribution in [1.29, 1.82) is 0 Å². The van der Waals surface area contributed by atoms with Crippen LogP contribution in [0, 0.1) is 11.8 Å². The fraction of sp³-hybridized carbons (Fsp3) is 0.590. The zero-order valence-corrected chi connectivity index (χ0v) is 33.0. The van der Waals surface area contributed by atoms with Crippen LogP contribution in [0.25, 0.3) is 11.4 Å². The number of carbonyl (C=O) groups is 2. The summed E-state index contributed by atoms with van der Waals surface area (Å²) in [5.74, 6) is -1.42. The van der Waals surface area contributed by atoms with Gasteiger partial charge >= 0.3 is 12.2 Å². The molecule has 0 N–H and O–H groups in total. The third-order valence-corrected chi connectivity index (χ3v) is 13.3. The number of rotatable bonds is 13. The van der Waals surface area contributed by atoms with Crippen LogP contribution >= 0.6 is 0 Å².